The third kappa shape index (κ3) is 3.06. The number of methoxy groups -OCH3 is 2. The van der Waals surface area contributed by atoms with E-state index in [0.29, 0.717) is 17.1 Å². The van der Waals surface area contributed by atoms with Crippen molar-refractivity contribution in [3.63, 3.8) is 0 Å². The second-order valence-electron chi connectivity index (χ2n) is 5.04. The van der Waals surface area contributed by atoms with Crippen molar-refractivity contribution in [2.24, 2.45) is 0 Å². The van der Waals surface area contributed by atoms with Gasteiger partial charge in [-0.2, -0.15) is 0 Å². The Morgan fingerprint density at radius 2 is 1.68 bits per heavy atom. The fourth-order valence-corrected chi connectivity index (χ4v) is 2.38. The van der Waals surface area contributed by atoms with Crippen LogP contribution in [-0.4, -0.2) is 32.1 Å². The number of amides is 1. The van der Waals surface area contributed by atoms with Crippen molar-refractivity contribution in [1.82, 2.24) is 4.90 Å². The van der Waals surface area contributed by atoms with E-state index in [9.17, 15) is 4.79 Å². The van der Waals surface area contributed by atoms with Crippen molar-refractivity contribution in [3.05, 3.63) is 59.7 Å². The Kier molecular flexibility index (Phi) is 5.04. The molecule has 0 radical (unpaired) electrons. The summed E-state index contributed by atoms with van der Waals surface area (Å²) >= 11 is 0. The minimum absolute atomic E-state index is 0.0374. The van der Waals surface area contributed by atoms with E-state index in [-0.39, 0.29) is 11.9 Å². The van der Waals surface area contributed by atoms with Crippen LogP contribution in [0.3, 0.4) is 0 Å². The van der Waals surface area contributed by atoms with Gasteiger partial charge in [-0.15, -0.1) is 0 Å². The zero-order chi connectivity index (χ0) is 16.1. The van der Waals surface area contributed by atoms with Gasteiger partial charge in [0.05, 0.1) is 25.8 Å². The highest BCUT2D eigenvalue weighted by Gasteiger charge is 2.23. The average Bonchev–Trinajstić information content (AvgIpc) is 2.59. The molecule has 4 heteroatoms. The second kappa shape index (κ2) is 6.98. The second-order valence-corrected chi connectivity index (χ2v) is 5.04. The van der Waals surface area contributed by atoms with E-state index in [4.69, 9.17) is 9.47 Å². The van der Waals surface area contributed by atoms with Crippen molar-refractivity contribution in [2.75, 3.05) is 21.3 Å². The molecule has 0 aromatic heterocycles. The van der Waals surface area contributed by atoms with Crippen molar-refractivity contribution < 1.29 is 14.3 Å². The van der Waals surface area contributed by atoms with E-state index in [1.54, 1.807) is 37.3 Å². The summed E-state index contributed by atoms with van der Waals surface area (Å²) in [5.74, 6) is 0.906. The lowest BCUT2D eigenvalue weighted by Crippen LogP contribution is -2.30. The monoisotopic (exact) mass is 299 g/mol. The molecule has 0 saturated heterocycles. The molecule has 0 bridgehead atoms. The number of hydrogen-bond acceptors (Lipinski definition) is 3. The Bertz CT molecular complexity index is 640. The van der Waals surface area contributed by atoms with Gasteiger partial charge < -0.3 is 14.4 Å². The first-order chi connectivity index (χ1) is 10.6. The Morgan fingerprint density at radius 1 is 1.00 bits per heavy atom. The lowest BCUT2D eigenvalue weighted by atomic mass is 10.1. The van der Waals surface area contributed by atoms with Crippen molar-refractivity contribution in [1.29, 1.82) is 0 Å². The fraction of sp³-hybridized carbons (Fsp3) is 0.278. The van der Waals surface area contributed by atoms with Gasteiger partial charge in [0.15, 0.2) is 11.5 Å². The van der Waals surface area contributed by atoms with Crippen LogP contribution in [0, 0.1) is 0 Å². The van der Waals surface area contributed by atoms with Crippen LogP contribution in [0.1, 0.15) is 28.9 Å². The first kappa shape index (κ1) is 15.9. The molecule has 0 aliphatic heterocycles. The van der Waals surface area contributed by atoms with Gasteiger partial charge >= 0.3 is 0 Å². The summed E-state index contributed by atoms with van der Waals surface area (Å²) in [6.07, 6.45) is 0. The molecule has 2 aromatic carbocycles. The van der Waals surface area contributed by atoms with E-state index >= 15 is 0 Å². The van der Waals surface area contributed by atoms with E-state index in [1.807, 2.05) is 37.3 Å². The van der Waals surface area contributed by atoms with Crippen LogP contribution in [-0.2, 0) is 0 Å². The maximum Gasteiger partial charge on any atom is 0.258 e. The number of hydrogen-bond donors (Lipinski definition) is 0. The SMILES string of the molecule is COc1cccc(C(=O)N(C)C(C)c2ccccc2)c1OC. The summed E-state index contributed by atoms with van der Waals surface area (Å²) in [4.78, 5) is 14.5. The van der Waals surface area contributed by atoms with Gasteiger partial charge in [0.1, 0.15) is 0 Å². The highest BCUT2D eigenvalue weighted by atomic mass is 16.5. The highest BCUT2D eigenvalue weighted by Crippen LogP contribution is 2.32. The van der Waals surface area contributed by atoms with E-state index < -0.39 is 0 Å². The smallest absolute Gasteiger partial charge is 0.258 e. The highest BCUT2D eigenvalue weighted by molar-refractivity contribution is 5.97. The molecule has 116 valence electrons. The molecule has 0 fully saturated rings. The lowest BCUT2D eigenvalue weighted by molar-refractivity contribution is 0.0738. The van der Waals surface area contributed by atoms with Gasteiger partial charge in [-0.25, -0.2) is 0 Å². The fourth-order valence-electron chi connectivity index (χ4n) is 2.38. The molecule has 0 aliphatic carbocycles. The number of nitrogens with zero attached hydrogens (tertiary/aromatic N) is 1. The summed E-state index contributed by atoms with van der Waals surface area (Å²) in [6, 6.07) is 15.2. The normalized spacial score (nSPS) is 11.6. The average molecular weight is 299 g/mol. The molecule has 2 aromatic rings. The molecule has 0 spiro atoms. The summed E-state index contributed by atoms with van der Waals surface area (Å²) in [7, 11) is 4.89. The third-order valence-electron chi connectivity index (χ3n) is 3.82. The Morgan fingerprint density at radius 3 is 2.27 bits per heavy atom. The van der Waals surface area contributed by atoms with Gasteiger partial charge in [-0.1, -0.05) is 36.4 Å². The number of para-hydroxylation sites is 1. The molecule has 22 heavy (non-hydrogen) atoms. The summed E-state index contributed by atoms with van der Waals surface area (Å²) in [5, 5.41) is 0. The van der Waals surface area contributed by atoms with Crippen LogP contribution in [0.2, 0.25) is 0 Å². The van der Waals surface area contributed by atoms with Crippen LogP contribution in [0.15, 0.2) is 48.5 Å². The summed E-state index contributed by atoms with van der Waals surface area (Å²) in [5.41, 5.74) is 1.58. The van der Waals surface area contributed by atoms with Gasteiger partial charge in [0.25, 0.3) is 5.91 Å². The number of ether oxygens (including phenoxy) is 2. The van der Waals surface area contributed by atoms with Crippen molar-refractivity contribution >= 4 is 5.91 Å². The molecule has 4 nitrogen and oxygen atoms in total. The molecular weight excluding hydrogens is 278 g/mol. The zero-order valence-corrected chi connectivity index (χ0v) is 13.4. The van der Waals surface area contributed by atoms with Gasteiger partial charge in [0.2, 0.25) is 0 Å². The molecule has 1 amide bonds. The molecule has 1 unspecified atom stereocenters. The first-order valence-corrected chi connectivity index (χ1v) is 7.13. The Labute approximate surface area is 131 Å². The third-order valence-corrected chi connectivity index (χ3v) is 3.82. The van der Waals surface area contributed by atoms with Crippen LogP contribution < -0.4 is 9.47 Å². The van der Waals surface area contributed by atoms with Crippen LogP contribution in [0.5, 0.6) is 11.5 Å². The zero-order valence-electron chi connectivity index (χ0n) is 13.4. The number of rotatable bonds is 5. The summed E-state index contributed by atoms with van der Waals surface area (Å²) < 4.78 is 10.6. The topological polar surface area (TPSA) is 38.8 Å². The van der Waals surface area contributed by atoms with E-state index in [1.165, 1.54) is 7.11 Å². The quantitative estimate of drug-likeness (QED) is 0.847. The standard InChI is InChI=1S/C18H21NO3/c1-13(14-9-6-5-7-10-14)19(2)18(20)15-11-8-12-16(21-3)17(15)22-4/h5-13H,1-4H3. The molecule has 1 atom stereocenters. The number of carbonyl (C=O) groups is 1. The van der Waals surface area contributed by atoms with Crippen LogP contribution in [0.4, 0.5) is 0 Å². The van der Waals surface area contributed by atoms with E-state index in [2.05, 4.69) is 0 Å². The molecular formula is C18H21NO3. The predicted molar refractivity (Wildman–Crippen MR) is 86.5 cm³/mol. The maximum absolute atomic E-state index is 12.8. The Balaban J connectivity index is 2.32. The lowest BCUT2D eigenvalue weighted by Gasteiger charge is -2.26. The molecule has 0 N–H and O–H groups in total. The molecule has 0 heterocycles. The molecule has 0 aliphatic rings. The largest absolute Gasteiger partial charge is 0.493 e. The van der Waals surface area contributed by atoms with Gasteiger partial charge in [-0.05, 0) is 24.6 Å². The number of carbonyl (C=O) groups excluding carboxylic acids is 1. The van der Waals surface area contributed by atoms with Gasteiger partial charge in [0, 0.05) is 7.05 Å². The number of benzene rings is 2. The van der Waals surface area contributed by atoms with Crippen LogP contribution in [0.25, 0.3) is 0 Å². The minimum Gasteiger partial charge on any atom is -0.493 e. The maximum atomic E-state index is 12.8. The summed E-state index contributed by atoms with van der Waals surface area (Å²) in [6.45, 7) is 2.00. The van der Waals surface area contributed by atoms with E-state index in [0.717, 1.165) is 5.56 Å². The minimum atomic E-state index is -0.105. The molecule has 0 saturated carbocycles. The van der Waals surface area contributed by atoms with Crippen molar-refractivity contribution in [3.8, 4) is 11.5 Å². The molecule has 2 rings (SSSR count). The van der Waals surface area contributed by atoms with Crippen molar-refractivity contribution in [2.45, 2.75) is 13.0 Å². The van der Waals surface area contributed by atoms with Crippen LogP contribution >= 0.6 is 0 Å². The van der Waals surface area contributed by atoms with Gasteiger partial charge in [-0.3, -0.25) is 4.79 Å². The first-order valence-electron chi connectivity index (χ1n) is 7.13. The Hall–Kier alpha value is -2.49. The predicted octanol–water partition coefficient (Wildman–Crippen LogP) is 3.54.